The van der Waals surface area contributed by atoms with E-state index in [1.54, 1.807) is 18.2 Å². The molecule has 0 spiro atoms. The van der Waals surface area contributed by atoms with Crippen LogP contribution in [0.3, 0.4) is 0 Å². The van der Waals surface area contributed by atoms with Crippen LogP contribution in [0.4, 0.5) is 11.4 Å². The van der Waals surface area contributed by atoms with Gasteiger partial charge in [-0.15, -0.1) is 0 Å². The fourth-order valence-electron chi connectivity index (χ4n) is 4.27. The fraction of sp³-hybridized carbons (Fsp3) is 0.273. The van der Waals surface area contributed by atoms with Gasteiger partial charge in [-0.3, -0.25) is 24.6 Å². The van der Waals surface area contributed by atoms with Crippen LogP contribution in [-0.2, 0) is 9.59 Å². The van der Waals surface area contributed by atoms with E-state index in [0.29, 0.717) is 41.8 Å². The smallest absolute Gasteiger partial charge is 0.289 e. The van der Waals surface area contributed by atoms with E-state index in [1.165, 1.54) is 30.2 Å². The average Bonchev–Trinajstić information content (AvgIpc) is 2.74. The third-order valence-corrected chi connectivity index (χ3v) is 5.99. The maximum Gasteiger partial charge on any atom is 0.289 e. The van der Waals surface area contributed by atoms with Gasteiger partial charge in [0.2, 0.25) is 5.91 Å². The van der Waals surface area contributed by atoms with Crippen molar-refractivity contribution in [1.29, 1.82) is 0 Å². The van der Waals surface area contributed by atoms with Crippen molar-refractivity contribution in [1.82, 2.24) is 0 Å². The minimum absolute atomic E-state index is 0.00886. The molecule has 160 valence electrons. The van der Waals surface area contributed by atoms with Crippen molar-refractivity contribution < 1.29 is 24.4 Å². The number of nitro groups is 1. The van der Waals surface area contributed by atoms with Gasteiger partial charge in [-0.05, 0) is 42.7 Å². The number of anilines is 1. The molecule has 1 N–H and O–H groups in total. The summed E-state index contributed by atoms with van der Waals surface area (Å²) in [7, 11) is 1.43. The third kappa shape index (κ3) is 3.63. The molecule has 31 heavy (non-hydrogen) atoms. The van der Waals surface area contributed by atoms with Crippen molar-refractivity contribution in [3.05, 3.63) is 68.4 Å². The van der Waals surface area contributed by atoms with Crippen LogP contribution in [0.15, 0.2) is 47.7 Å². The van der Waals surface area contributed by atoms with Crippen molar-refractivity contribution in [2.24, 2.45) is 0 Å². The van der Waals surface area contributed by atoms with Gasteiger partial charge in [-0.25, -0.2) is 0 Å². The molecule has 0 saturated heterocycles. The minimum atomic E-state index is -0.604. The van der Waals surface area contributed by atoms with E-state index in [-0.39, 0.29) is 40.3 Å². The largest absolute Gasteiger partial charge is 0.504 e. The average molecular weight is 443 g/mol. The number of halogens is 1. The number of aromatic hydroxyl groups is 1. The van der Waals surface area contributed by atoms with E-state index < -0.39 is 10.8 Å². The monoisotopic (exact) mass is 442 g/mol. The van der Waals surface area contributed by atoms with Crippen molar-refractivity contribution >= 4 is 34.7 Å². The molecule has 9 heteroatoms. The van der Waals surface area contributed by atoms with E-state index in [4.69, 9.17) is 16.3 Å². The molecule has 1 atom stereocenters. The summed E-state index contributed by atoms with van der Waals surface area (Å²) in [6, 6.07) is 8.95. The maximum atomic E-state index is 13.2. The molecular weight excluding hydrogens is 424 g/mol. The second-order valence-corrected chi connectivity index (χ2v) is 7.85. The quantitative estimate of drug-likeness (QED) is 0.551. The van der Waals surface area contributed by atoms with E-state index in [0.717, 1.165) is 0 Å². The van der Waals surface area contributed by atoms with E-state index in [2.05, 4.69) is 0 Å². The van der Waals surface area contributed by atoms with Gasteiger partial charge >= 0.3 is 0 Å². The summed E-state index contributed by atoms with van der Waals surface area (Å²) in [5.74, 6) is -0.594. The summed E-state index contributed by atoms with van der Waals surface area (Å²) in [6.07, 6.45) is 1.46. The molecular formula is C22H19ClN2O6. The van der Waals surface area contributed by atoms with Crippen LogP contribution >= 0.6 is 11.6 Å². The SMILES string of the molecule is COc1cc(C2CC(=O)N(c3ccc(Cl)c([N+](=O)[O-])c3)C3=C2C(=O)CCC3)ccc1O. The molecule has 0 aromatic heterocycles. The lowest BCUT2D eigenvalue weighted by Gasteiger charge is -2.38. The third-order valence-electron chi connectivity index (χ3n) is 5.67. The summed E-state index contributed by atoms with van der Waals surface area (Å²) in [5, 5.41) is 21.2. The zero-order chi connectivity index (χ0) is 22.3. The molecule has 0 fully saturated rings. The summed E-state index contributed by atoms with van der Waals surface area (Å²) in [6.45, 7) is 0. The number of methoxy groups -OCH3 is 1. The molecule has 0 bridgehead atoms. The van der Waals surface area contributed by atoms with Gasteiger partial charge in [0.25, 0.3) is 5.69 Å². The highest BCUT2D eigenvalue weighted by Crippen LogP contribution is 2.45. The predicted molar refractivity (Wildman–Crippen MR) is 113 cm³/mol. The highest BCUT2D eigenvalue weighted by Gasteiger charge is 2.40. The van der Waals surface area contributed by atoms with Crippen LogP contribution in [0.1, 0.15) is 37.2 Å². The lowest BCUT2D eigenvalue weighted by Crippen LogP contribution is -2.40. The fourth-order valence-corrected chi connectivity index (χ4v) is 4.45. The number of benzene rings is 2. The van der Waals surface area contributed by atoms with Crippen molar-refractivity contribution in [3.8, 4) is 11.5 Å². The lowest BCUT2D eigenvalue weighted by molar-refractivity contribution is -0.384. The Labute approximate surface area is 182 Å². The number of carbonyl (C=O) groups excluding carboxylic acids is 2. The Hall–Kier alpha value is -3.39. The molecule has 4 rings (SSSR count). The number of rotatable bonds is 4. The van der Waals surface area contributed by atoms with Crippen LogP contribution in [0, 0.1) is 10.1 Å². The van der Waals surface area contributed by atoms with E-state index in [9.17, 15) is 24.8 Å². The summed E-state index contributed by atoms with van der Waals surface area (Å²) >= 11 is 5.93. The van der Waals surface area contributed by atoms with E-state index in [1.807, 2.05) is 0 Å². The molecule has 0 saturated carbocycles. The maximum absolute atomic E-state index is 13.2. The van der Waals surface area contributed by atoms with Gasteiger partial charge in [-0.1, -0.05) is 17.7 Å². The number of phenolic OH excluding ortho intramolecular Hbond substituents is 1. The number of amides is 1. The first kappa shape index (κ1) is 20.9. The van der Waals surface area contributed by atoms with E-state index >= 15 is 0 Å². The van der Waals surface area contributed by atoms with Gasteiger partial charge < -0.3 is 9.84 Å². The van der Waals surface area contributed by atoms with Crippen LogP contribution in [0.2, 0.25) is 5.02 Å². The highest BCUT2D eigenvalue weighted by atomic mass is 35.5. The molecule has 1 unspecified atom stereocenters. The number of nitrogens with zero attached hydrogens (tertiary/aromatic N) is 2. The first-order valence-electron chi connectivity index (χ1n) is 9.72. The first-order valence-corrected chi connectivity index (χ1v) is 10.1. The number of nitro benzene ring substituents is 1. The number of phenols is 1. The number of hydrogen-bond donors (Lipinski definition) is 1. The lowest BCUT2D eigenvalue weighted by atomic mass is 9.77. The Kier molecular flexibility index (Phi) is 5.41. The Bertz CT molecular complexity index is 1140. The molecule has 2 aliphatic rings. The second-order valence-electron chi connectivity index (χ2n) is 7.45. The Morgan fingerprint density at radius 3 is 2.68 bits per heavy atom. The zero-order valence-electron chi connectivity index (χ0n) is 16.6. The normalized spacial score (nSPS) is 18.8. The molecule has 2 aromatic carbocycles. The molecule has 1 heterocycles. The van der Waals surface area contributed by atoms with Gasteiger partial charge in [-0.2, -0.15) is 0 Å². The van der Waals surface area contributed by atoms with Gasteiger partial charge in [0.1, 0.15) is 5.02 Å². The second kappa shape index (κ2) is 8.03. The van der Waals surface area contributed by atoms with Crippen LogP contribution in [0.5, 0.6) is 11.5 Å². The summed E-state index contributed by atoms with van der Waals surface area (Å²) < 4.78 is 5.18. The number of hydrogen-bond acceptors (Lipinski definition) is 6. The molecule has 1 aliphatic heterocycles. The number of carbonyl (C=O) groups is 2. The molecule has 2 aromatic rings. The Balaban J connectivity index is 1.86. The zero-order valence-corrected chi connectivity index (χ0v) is 17.4. The van der Waals surface area contributed by atoms with Crippen molar-refractivity contribution in [3.63, 3.8) is 0 Å². The topological polar surface area (TPSA) is 110 Å². The van der Waals surface area contributed by atoms with Crippen molar-refractivity contribution in [2.45, 2.75) is 31.6 Å². The van der Waals surface area contributed by atoms with Crippen molar-refractivity contribution in [2.75, 3.05) is 12.0 Å². The van der Waals surface area contributed by atoms with Gasteiger partial charge in [0.15, 0.2) is 17.3 Å². The molecule has 1 amide bonds. The summed E-state index contributed by atoms with van der Waals surface area (Å²) in [5.41, 5.74) is 1.77. The predicted octanol–water partition coefficient (Wildman–Crippen LogP) is 4.49. The molecule has 1 aliphatic carbocycles. The molecule has 0 radical (unpaired) electrons. The van der Waals surface area contributed by atoms with Crippen LogP contribution < -0.4 is 9.64 Å². The number of ether oxygens (including phenoxy) is 1. The number of allylic oxidation sites excluding steroid dienone is 2. The first-order chi connectivity index (χ1) is 14.8. The number of ketones is 1. The minimum Gasteiger partial charge on any atom is -0.504 e. The standard InChI is InChI=1S/C22H19ClN2O6/c1-31-20-9-12(5-8-18(20)26)14-11-21(28)24(16-3-2-4-19(27)22(14)16)13-6-7-15(23)17(10-13)25(29)30/h5-10,14,26H,2-4,11H2,1H3. The Morgan fingerprint density at radius 2 is 1.97 bits per heavy atom. The molecule has 8 nitrogen and oxygen atoms in total. The van der Waals surface area contributed by atoms with Gasteiger partial charge in [0.05, 0.1) is 17.7 Å². The Morgan fingerprint density at radius 1 is 1.19 bits per heavy atom. The van der Waals surface area contributed by atoms with Crippen LogP contribution in [0.25, 0.3) is 0 Å². The highest BCUT2D eigenvalue weighted by molar-refractivity contribution is 6.32. The number of Topliss-reactive ketones (excluding diaryl/α,β-unsaturated/α-hetero) is 1. The van der Waals surface area contributed by atoms with Crippen LogP contribution in [-0.4, -0.2) is 28.8 Å². The summed E-state index contributed by atoms with van der Waals surface area (Å²) in [4.78, 5) is 38.3. The van der Waals surface area contributed by atoms with Gasteiger partial charge in [0, 0.05) is 36.1 Å².